The summed E-state index contributed by atoms with van der Waals surface area (Å²) in [4.78, 5) is 0. The van der Waals surface area contributed by atoms with Crippen LogP contribution in [0, 0.1) is 0 Å². The summed E-state index contributed by atoms with van der Waals surface area (Å²) in [6.45, 7) is 7.44. The van der Waals surface area contributed by atoms with Crippen LogP contribution in [0.1, 0.15) is 13.8 Å². The van der Waals surface area contributed by atoms with E-state index in [-0.39, 0.29) is 9.52 Å². The summed E-state index contributed by atoms with van der Waals surface area (Å²) in [5.74, 6) is 0. The molecule has 5 heteroatoms. The van der Waals surface area contributed by atoms with Gasteiger partial charge in [-0.2, -0.15) is 10.2 Å². The smallest absolute Gasteiger partial charge is 0.184 e. The van der Waals surface area contributed by atoms with Crippen molar-refractivity contribution in [2.75, 3.05) is 19.8 Å². The molecule has 0 radical (unpaired) electrons. The molecule has 0 saturated heterocycles. The molecule has 0 spiro atoms. The molecule has 0 amide bonds. The van der Waals surface area contributed by atoms with Crippen LogP contribution in [0.5, 0.6) is 0 Å². The van der Waals surface area contributed by atoms with Gasteiger partial charge in [0.1, 0.15) is 0 Å². The molecule has 0 bridgehead atoms. The number of allylic oxidation sites excluding steroid dienone is 1. The van der Waals surface area contributed by atoms with Gasteiger partial charge in [-0.15, -0.1) is 0 Å². The Balaban J connectivity index is 3.69. The fourth-order valence-electron chi connectivity index (χ4n) is 0.796. The van der Waals surface area contributed by atoms with Crippen LogP contribution < -0.4 is 0 Å². The average molecular weight is 216 g/mol. The molecule has 0 saturated carbocycles. The summed E-state index contributed by atoms with van der Waals surface area (Å²) in [6, 6.07) is 0. The maximum atomic E-state index is 5.00. The number of azo groups is 1. The van der Waals surface area contributed by atoms with Crippen LogP contribution in [0.2, 0.25) is 6.55 Å². The first-order chi connectivity index (χ1) is 6.22. The zero-order chi connectivity index (χ0) is 10.1. The molecule has 0 atom stereocenters. The SMILES string of the molecule is CO[SiH2]CN=NC/C(C)=C(\C)[SiH2]C. The Kier molecular flexibility index (Phi) is 8.17. The van der Waals surface area contributed by atoms with Crippen molar-refractivity contribution in [3.63, 3.8) is 0 Å². The Morgan fingerprint density at radius 1 is 1.31 bits per heavy atom. The number of rotatable bonds is 6. The quantitative estimate of drug-likeness (QED) is 0.364. The Labute approximate surface area is 85.4 Å². The molecule has 0 unspecified atom stereocenters. The van der Waals surface area contributed by atoms with Gasteiger partial charge in [-0.25, -0.2) is 0 Å². The minimum Gasteiger partial charge on any atom is -0.425 e. The molecule has 0 N–H and O–H groups in total. The second kappa shape index (κ2) is 8.34. The molecular weight excluding hydrogens is 196 g/mol. The molecular formula is C8H20N2OSi2. The van der Waals surface area contributed by atoms with Crippen molar-refractivity contribution >= 4 is 19.3 Å². The monoisotopic (exact) mass is 216 g/mol. The first-order valence-corrected chi connectivity index (χ1v) is 8.39. The van der Waals surface area contributed by atoms with Crippen molar-refractivity contribution in [3.05, 3.63) is 10.8 Å². The second-order valence-corrected chi connectivity index (χ2v) is 6.27. The predicted octanol–water partition coefficient (Wildman–Crippen LogP) is 0.637. The highest BCUT2D eigenvalue weighted by Gasteiger charge is 1.92. The molecule has 0 fully saturated rings. The molecule has 13 heavy (non-hydrogen) atoms. The van der Waals surface area contributed by atoms with E-state index in [2.05, 4.69) is 30.6 Å². The van der Waals surface area contributed by atoms with E-state index in [4.69, 9.17) is 4.43 Å². The van der Waals surface area contributed by atoms with Gasteiger partial charge in [0.05, 0.1) is 12.7 Å². The third kappa shape index (κ3) is 6.86. The van der Waals surface area contributed by atoms with E-state index >= 15 is 0 Å². The summed E-state index contributed by atoms with van der Waals surface area (Å²) in [6.07, 6.45) is 0.812. The lowest BCUT2D eigenvalue weighted by atomic mass is 10.3. The molecule has 3 nitrogen and oxygen atoms in total. The minimum absolute atomic E-state index is 0.00901. The molecule has 0 aromatic rings. The fourth-order valence-corrected chi connectivity index (χ4v) is 1.92. The standard InChI is InChI=1S/C8H20N2OSi2/c1-7(8(2)12-4)5-9-10-6-13-11-3/h5-6,12-13H2,1-4H3/b8-7+,10-9?. The zero-order valence-corrected chi connectivity index (χ0v) is 12.0. The lowest BCUT2D eigenvalue weighted by Crippen LogP contribution is -1.98. The number of hydrogen-bond donors (Lipinski definition) is 0. The highest BCUT2D eigenvalue weighted by molar-refractivity contribution is 6.43. The van der Waals surface area contributed by atoms with Crippen molar-refractivity contribution in [1.82, 2.24) is 0 Å². The van der Waals surface area contributed by atoms with Crippen LogP contribution >= 0.6 is 0 Å². The van der Waals surface area contributed by atoms with Gasteiger partial charge in [0.2, 0.25) is 0 Å². The maximum Gasteiger partial charge on any atom is 0.184 e. The van der Waals surface area contributed by atoms with Gasteiger partial charge in [0, 0.05) is 16.6 Å². The van der Waals surface area contributed by atoms with E-state index in [1.54, 1.807) is 12.3 Å². The minimum atomic E-state index is -0.416. The largest absolute Gasteiger partial charge is 0.425 e. The zero-order valence-electron chi connectivity index (χ0n) is 9.13. The summed E-state index contributed by atoms with van der Waals surface area (Å²) in [5.41, 5.74) is 1.40. The van der Waals surface area contributed by atoms with Gasteiger partial charge in [0.15, 0.2) is 9.76 Å². The third-order valence-corrected chi connectivity index (χ3v) is 4.52. The third-order valence-electron chi connectivity index (χ3n) is 2.06. The van der Waals surface area contributed by atoms with Crippen molar-refractivity contribution < 1.29 is 4.43 Å². The lowest BCUT2D eigenvalue weighted by Gasteiger charge is -2.00. The Bertz CT molecular complexity index is 193. The molecule has 0 aliphatic carbocycles. The topological polar surface area (TPSA) is 34.0 Å². The second-order valence-electron chi connectivity index (χ2n) is 3.07. The Hall–Kier alpha value is -0.266. The van der Waals surface area contributed by atoms with E-state index in [1.807, 2.05) is 0 Å². The number of nitrogens with zero attached hydrogens (tertiary/aromatic N) is 2. The molecule has 0 rings (SSSR count). The first kappa shape index (κ1) is 12.7. The normalized spacial score (nSPS) is 15.4. The van der Waals surface area contributed by atoms with Gasteiger partial charge in [0.25, 0.3) is 0 Å². The fraction of sp³-hybridized carbons (Fsp3) is 0.750. The van der Waals surface area contributed by atoms with Crippen molar-refractivity contribution in [2.24, 2.45) is 10.2 Å². The van der Waals surface area contributed by atoms with Crippen LogP contribution in [-0.2, 0) is 4.43 Å². The Morgan fingerprint density at radius 2 is 2.00 bits per heavy atom. The van der Waals surface area contributed by atoms with Crippen LogP contribution in [0.3, 0.4) is 0 Å². The lowest BCUT2D eigenvalue weighted by molar-refractivity contribution is 0.441. The van der Waals surface area contributed by atoms with Crippen molar-refractivity contribution in [2.45, 2.75) is 20.4 Å². The van der Waals surface area contributed by atoms with Crippen LogP contribution in [0.4, 0.5) is 0 Å². The van der Waals surface area contributed by atoms with E-state index in [1.165, 1.54) is 5.57 Å². The highest BCUT2D eigenvalue weighted by Crippen LogP contribution is 2.01. The number of hydrogen-bond acceptors (Lipinski definition) is 3. The highest BCUT2D eigenvalue weighted by atomic mass is 28.2. The van der Waals surface area contributed by atoms with Gasteiger partial charge in [-0.3, -0.25) is 0 Å². The molecule has 0 heterocycles. The summed E-state index contributed by atoms with van der Waals surface area (Å²) >= 11 is 0. The van der Waals surface area contributed by atoms with Gasteiger partial charge < -0.3 is 4.43 Å². The molecule has 0 aliphatic heterocycles. The molecule has 0 aliphatic rings. The summed E-state index contributed by atoms with van der Waals surface area (Å²) < 4.78 is 5.00. The molecule has 76 valence electrons. The van der Waals surface area contributed by atoms with E-state index in [9.17, 15) is 0 Å². The summed E-state index contributed by atoms with van der Waals surface area (Å²) in [7, 11) is 1.33. The summed E-state index contributed by atoms with van der Waals surface area (Å²) in [5, 5.41) is 9.74. The van der Waals surface area contributed by atoms with Crippen LogP contribution in [0.15, 0.2) is 21.0 Å². The van der Waals surface area contributed by atoms with Crippen molar-refractivity contribution in [1.29, 1.82) is 0 Å². The maximum absolute atomic E-state index is 5.00. The Morgan fingerprint density at radius 3 is 2.54 bits per heavy atom. The predicted molar refractivity (Wildman–Crippen MR) is 62.9 cm³/mol. The van der Waals surface area contributed by atoms with E-state index in [0.29, 0.717) is 0 Å². The van der Waals surface area contributed by atoms with E-state index < -0.39 is 9.76 Å². The molecule has 0 aromatic carbocycles. The first-order valence-electron chi connectivity index (χ1n) is 4.69. The van der Waals surface area contributed by atoms with Gasteiger partial charge >= 0.3 is 0 Å². The molecule has 0 aromatic heterocycles. The average Bonchev–Trinajstić information content (AvgIpc) is 2.16. The van der Waals surface area contributed by atoms with Crippen LogP contribution in [0.25, 0.3) is 0 Å². The van der Waals surface area contributed by atoms with Gasteiger partial charge in [-0.1, -0.05) is 17.3 Å². The van der Waals surface area contributed by atoms with E-state index in [0.717, 1.165) is 12.7 Å². The van der Waals surface area contributed by atoms with Crippen molar-refractivity contribution in [3.8, 4) is 0 Å². The van der Waals surface area contributed by atoms with Gasteiger partial charge in [-0.05, 0) is 13.8 Å². The van der Waals surface area contributed by atoms with Crippen LogP contribution in [-0.4, -0.2) is 39.1 Å².